The van der Waals surface area contributed by atoms with E-state index in [1.54, 1.807) is 0 Å². The van der Waals surface area contributed by atoms with Gasteiger partial charge in [-0.3, -0.25) is 4.79 Å². The van der Waals surface area contributed by atoms with E-state index in [9.17, 15) is 4.79 Å². The Labute approximate surface area is 128 Å². The van der Waals surface area contributed by atoms with Crippen LogP contribution in [0.2, 0.25) is 0 Å². The van der Waals surface area contributed by atoms with Crippen molar-refractivity contribution in [3.63, 3.8) is 0 Å². The number of anilines is 1. The molecule has 0 radical (unpaired) electrons. The van der Waals surface area contributed by atoms with Gasteiger partial charge in [0.15, 0.2) is 0 Å². The Kier molecular flexibility index (Phi) is 4.58. The van der Waals surface area contributed by atoms with E-state index < -0.39 is 0 Å². The zero-order chi connectivity index (χ0) is 13.9. The SMILES string of the molecule is CC(C(=O)Nc1cccc(C2SCCS2)c1)C1CNC1. The molecule has 2 aliphatic rings. The van der Waals surface area contributed by atoms with Crippen molar-refractivity contribution in [3.8, 4) is 0 Å². The van der Waals surface area contributed by atoms with Crippen LogP contribution in [-0.4, -0.2) is 30.5 Å². The van der Waals surface area contributed by atoms with Crippen LogP contribution >= 0.6 is 23.5 Å². The summed E-state index contributed by atoms with van der Waals surface area (Å²) in [6.45, 7) is 3.95. The maximum absolute atomic E-state index is 12.2. The third-order valence-corrected chi connectivity index (χ3v) is 7.09. The normalized spacial score (nSPS) is 21.4. The molecule has 0 aliphatic carbocycles. The fourth-order valence-electron chi connectivity index (χ4n) is 2.45. The van der Waals surface area contributed by atoms with Gasteiger partial charge in [-0.05, 0) is 36.7 Å². The summed E-state index contributed by atoms with van der Waals surface area (Å²) < 4.78 is 0.528. The van der Waals surface area contributed by atoms with Gasteiger partial charge in [0.05, 0.1) is 4.58 Å². The Morgan fingerprint density at radius 2 is 2.10 bits per heavy atom. The summed E-state index contributed by atoms with van der Waals surface area (Å²) >= 11 is 3.98. The Hall–Kier alpha value is -0.650. The molecule has 2 saturated heterocycles. The molecule has 2 N–H and O–H groups in total. The van der Waals surface area contributed by atoms with Crippen LogP contribution in [0.4, 0.5) is 5.69 Å². The Morgan fingerprint density at radius 1 is 1.35 bits per heavy atom. The third kappa shape index (κ3) is 3.15. The predicted molar refractivity (Wildman–Crippen MR) is 88.3 cm³/mol. The lowest BCUT2D eigenvalue weighted by Crippen LogP contribution is -2.48. The van der Waals surface area contributed by atoms with Gasteiger partial charge >= 0.3 is 0 Å². The molecule has 20 heavy (non-hydrogen) atoms. The highest BCUT2D eigenvalue weighted by atomic mass is 32.2. The summed E-state index contributed by atoms with van der Waals surface area (Å²) in [5.41, 5.74) is 2.24. The second kappa shape index (κ2) is 6.41. The average Bonchev–Trinajstić information content (AvgIpc) is 2.90. The van der Waals surface area contributed by atoms with Gasteiger partial charge in [0.25, 0.3) is 0 Å². The highest BCUT2D eigenvalue weighted by molar-refractivity contribution is 8.19. The van der Waals surface area contributed by atoms with Crippen molar-refractivity contribution in [1.82, 2.24) is 5.32 Å². The first-order chi connectivity index (χ1) is 9.74. The number of carbonyl (C=O) groups excluding carboxylic acids is 1. The van der Waals surface area contributed by atoms with Crippen LogP contribution in [0.15, 0.2) is 24.3 Å². The number of benzene rings is 1. The van der Waals surface area contributed by atoms with Crippen LogP contribution in [0.25, 0.3) is 0 Å². The fraction of sp³-hybridized carbons (Fsp3) is 0.533. The second-order valence-corrected chi connectivity index (χ2v) is 8.12. The molecule has 1 unspecified atom stereocenters. The summed E-state index contributed by atoms with van der Waals surface area (Å²) in [6, 6.07) is 8.31. The molecule has 0 bridgehead atoms. The zero-order valence-electron chi connectivity index (χ0n) is 11.6. The highest BCUT2D eigenvalue weighted by Gasteiger charge is 2.28. The molecule has 108 valence electrons. The molecule has 0 spiro atoms. The average molecular weight is 308 g/mol. The lowest BCUT2D eigenvalue weighted by Gasteiger charge is -2.31. The van der Waals surface area contributed by atoms with Crippen molar-refractivity contribution in [3.05, 3.63) is 29.8 Å². The van der Waals surface area contributed by atoms with Crippen LogP contribution in [-0.2, 0) is 4.79 Å². The van der Waals surface area contributed by atoms with Gasteiger partial charge in [-0.15, -0.1) is 23.5 Å². The number of thioether (sulfide) groups is 2. The monoisotopic (exact) mass is 308 g/mol. The van der Waals surface area contributed by atoms with Gasteiger partial charge < -0.3 is 10.6 Å². The van der Waals surface area contributed by atoms with E-state index in [4.69, 9.17) is 0 Å². The van der Waals surface area contributed by atoms with Crippen molar-refractivity contribution in [2.75, 3.05) is 29.9 Å². The molecule has 1 atom stereocenters. The smallest absolute Gasteiger partial charge is 0.227 e. The zero-order valence-corrected chi connectivity index (χ0v) is 13.2. The predicted octanol–water partition coefficient (Wildman–Crippen LogP) is 2.96. The van der Waals surface area contributed by atoms with Gasteiger partial charge in [0.2, 0.25) is 5.91 Å². The number of nitrogens with one attached hydrogen (secondary N) is 2. The molecular weight excluding hydrogens is 288 g/mol. The van der Waals surface area contributed by atoms with Gasteiger partial charge in [-0.1, -0.05) is 19.1 Å². The lowest BCUT2D eigenvalue weighted by molar-refractivity contribution is -0.121. The van der Waals surface area contributed by atoms with Crippen LogP contribution in [0, 0.1) is 11.8 Å². The summed E-state index contributed by atoms with van der Waals surface area (Å²) in [4.78, 5) is 12.2. The molecule has 2 fully saturated rings. The first-order valence-electron chi connectivity index (χ1n) is 7.09. The minimum absolute atomic E-state index is 0.0788. The number of hydrogen-bond acceptors (Lipinski definition) is 4. The topological polar surface area (TPSA) is 41.1 Å². The summed E-state index contributed by atoms with van der Waals surface area (Å²) in [5.74, 6) is 3.14. The summed E-state index contributed by atoms with van der Waals surface area (Å²) in [5, 5.41) is 6.29. The molecule has 0 aromatic heterocycles. The van der Waals surface area contributed by atoms with E-state index in [2.05, 4.69) is 22.8 Å². The number of hydrogen-bond donors (Lipinski definition) is 2. The second-order valence-electron chi connectivity index (χ2n) is 5.40. The van der Waals surface area contributed by atoms with Gasteiger partial charge in [0.1, 0.15) is 0 Å². The maximum atomic E-state index is 12.2. The van der Waals surface area contributed by atoms with Crippen molar-refractivity contribution >= 4 is 35.1 Å². The van der Waals surface area contributed by atoms with Gasteiger partial charge in [-0.2, -0.15) is 0 Å². The Balaban J connectivity index is 1.64. The molecule has 3 nitrogen and oxygen atoms in total. The molecule has 5 heteroatoms. The van der Waals surface area contributed by atoms with Crippen molar-refractivity contribution < 1.29 is 4.79 Å². The molecule has 2 aliphatic heterocycles. The molecular formula is C15H20N2OS2. The van der Waals surface area contributed by atoms with Gasteiger partial charge in [0, 0.05) is 23.1 Å². The van der Waals surface area contributed by atoms with E-state index >= 15 is 0 Å². The highest BCUT2D eigenvalue weighted by Crippen LogP contribution is 2.45. The quantitative estimate of drug-likeness (QED) is 0.897. The van der Waals surface area contributed by atoms with Crippen molar-refractivity contribution in [2.24, 2.45) is 11.8 Å². The van der Waals surface area contributed by atoms with E-state index in [-0.39, 0.29) is 11.8 Å². The van der Waals surface area contributed by atoms with Crippen molar-refractivity contribution in [2.45, 2.75) is 11.5 Å². The van der Waals surface area contributed by atoms with Crippen LogP contribution in [0.3, 0.4) is 0 Å². The van der Waals surface area contributed by atoms with Crippen LogP contribution in [0.1, 0.15) is 17.1 Å². The summed E-state index contributed by atoms with van der Waals surface area (Å²) in [6.07, 6.45) is 0. The molecule has 1 amide bonds. The standard InChI is InChI=1S/C15H20N2OS2/c1-10(12-8-16-9-12)14(18)17-13-4-2-3-11(7-13)15-19-5-6-20-15/h2-4,7,10,12,15-16H,5-6,8-9H2,1H3,(H,17,18). The first kappa shape index (κ1) is 14.3. The van der Waals surface area contributed by atoms with E-state index in [1.807, 2.05) is 42.6 Å². The number of carbonyl (C=O) groups is 1. The maximum Gasteiger partial charge on any atom is 0.227 e. The molecule has 1 aromatic rings. The largest absolute Gasteiger partial charge is 0.326 e. The first-order valence-corrected chi connectivity index (χ1v) is 9.18. The number of rotatable bonds is 4. The van der Waals surface area contributed by atoms with Gasteiger partial charge in [-0.25, -0.2) is 0 Å². The van der Waals surface area contributed by atoms with Crippen LogP contribution < -0.4 is 10.6 Å². The minimum atomic E-state index is 0.0788. The summed E-state index contributed by atoms with van der Waals surface area (Å²) in [7, 11) is 0. The lowest BCUT2D eigenvalue weighted by atomic mass is 9.88. The van der Waals surface area contributed by atoms with Crippen molar-refractivity contribution in [1.29, 1.82) is 0 Å². The third-order valence-electron chi connectivity index (χ3n) is 3.98. The van der Waals surface area contributed by atoms with E-state index in [0.717, 1.165) is 18.8 Å². The molecule has 2 heterocycles. The fourth-order valence-corrected chi connectivity index (χ4v) is 5.29. The number of amides is 1. The Bertz CT molecular complexity index is 485. The van der Waals surface area contributed by atoms with E-state index in [0.29, 0.717) is 10.5 Å². The molecule has 3 rings (SSSR count). The van der Waals surface area contributed by atoms with E-state index in [1.165, 1.54) is 17.1 Å². The molecule has 1 aromatic carbocycles. The van der Waals surface area contributed by atoms with Crippen LogP contribution in [0.5, 0.6) is 0 Å². The molecule has 0 saturated carbocycles. The minimum Gasteiger partial charge on any atom is -0.326 e. The Morgan fingerprint density at radius 3 is 2.75 bits per heavy atom.